The van der Waals surface area contributed by atoms with Crippen molar-refractivity contribution in [1.82, 2.24) is 9.88 Å². The first-order valence-corrected chi connectivity index (χ1v) is 9.90. The molecule has 0 fully saturated rings. The van der Waals surface area contributed by atoms with Crippen LogP contribution in [0.3, 0.4) is 0 Å². The van der Waals surface area contributed by atoms with E-state index in [4.69, 9.17) is 16.3 Å². The van der Waals surface area contributed by atoms with E-state index in [1.54, 1.807) is 11.8 Å². The molecular formula is C20H24BrClN2O3. The van der Waals surface area contributed by atoms with Gasteiger partial charge in [0.15, 0.2) is 5.75 Å². The van der Waals surface area contributed by atoms with Crippen LogP contribution in [0.15, 0.2) is 28.7 Å². The molecule has 1 aromatic heterocycles. The van der Waals surface area contributed by atoms with Gasteiger partial charge in [-0.15, -0.1) is 0 Å². The lowest BCUT2D eigenvalue weighted by Gasteiger charge is -2.30. The van der Waals surface area contributed by atoms with Crippen molar-refractivity contribution in [2.24, 2.45) is 0 Å². The van der Waals surface area contributed by atoms with Gasteiger partial charge in [0, 0.05) is 16.6 Å². The number of rotatable bonds is 5. The molecule has 0 atom stereocenters. The minimum Gasteiger partial charge on any atom is -0.408 e. The number of carbonyl (C=O) groups excluding carboxylic acids is 1. The predicted molar refractivity (Wildman–Crippen MR) is 111 cm³/mol. The number of hydrogen-bond acceptors (Lipinski definition) is 4. The molecule has 2 rings (SSSR count). The van der Waals surface area contributed by atoms with Gasteiger partial charge in [0.25, 0.3) is 0 Å². The van der Waals surface area contributed by atoms with Gasteiger partial charge in [-0.2, -0.15) is 0 Å². The largest absolute Gasteiger partial charge is 0.415 e. The fraction of sp³-hybridized carbons (Fsp3) is 0.400. The van der Waals surface area contributed by atoms with E-state index in [1.807, 2.05) is 52.0 Å². The molecule has 0 radical (unpaired) electrons. The number of carbonyl (C=O) groups is 1. The topological polar surface area (TPSA) is 62.7 Å². The number of halogens is 2. The zero-order valence-electron chi connectivity index (χ0n) is 16.1. The zero-order valence-corrected chi connectivity index (χ0v) is 18.4. The van der Waals surface area contributed by atoms with Gasteiger partial charge in [0.05, 0.1) is 23.6 Å². The normalized spacial score (nSPS) is 11.2. The van der Waals surface area contributed by atoms with Crippen molar-refractivity contribution in [2.45, 2.75) is 53.3 Å². The van der Waals surface area contributed by atoms with Crippen molar-refractivity contribution >= 4 is 33.6 Å². The highest BCUT2D eigenvalue weighted by atomic mass is 79.9. The lowest BCUT2D eigenvalue weighted by molar-refractivity contribution is 0.123. The van der Waals surface area contributed by atoms with Crippen molar-refractivity contribution < 1.29 is 14.6 Å². The zero-order chi connectivity index (χ0) is 20.3. The first-order valence-electron chi connectivity index (χ1n) is 8.73. The van der Waals surface area contributed by atoms with Crippen LogP contribution in [0.5, 0.6) is 5.75 Å². The molecule has 0 aliphatic rings. The van der Waals surface area contributed by atoms with E-state index >= 15 is 0 Å². The van der Waals surface area contributed by atoms with Gasteiger partial charge in [-0.3, -0.25) is 4.98 Å². The van der Waals surface area contributed by atoms with Crippen LogP contribution in [0, 0.1) is 6.92 Å². The maximum absolute atomic E-state index is 12.9. The highest BCUT2D eigenvalue weighted by molar-refractivity contribution is 9.10. The van der Waals surface area contributed by atoms with Crippen LogP contribution < -0.4 is 4.74 Å². The molecule has 1 aromatic carbocycles. The Kier molecular flexibility index (Phi) is 7.25. The first kappa shape index (κ1) is 21.7. The van der Waals surface area contributed by atoms with Gasteiger partial charge in [-0.25, -0.2) is 4.79 Å². The predicted octanol–water partition coefficient (Wildman–Crippen LogP) is 5.58. The smallest absolute Gasteiger partial charge is 0.408 e. The van der Waals surface area contributed by atoms with E-state index in [0.717, 1.165) is 10.0 Å². The number of amides is 1. The Morgan fingerprint density at radius 2 is 1.78 bits per heavy atom. The summed E-state index contributed by atoms with van der Waals surface area (Å²) in [5.41, 5.74) is 2.16. The third kappa shape index (κ3) is 4.81. The fourth-order valence-electron chi connectivity index (χ4n) is 2.99. The van der Waals surface area contributed by atoms with Gasteiger partial charge in [-0.05, 0) is 52.3 Å². The van der Waals surface area contributed by atoms with Gasteiger partial charge >= 0.3 is 6.09 Å². The lowest BCUT2D eigenvalue weighted by Crippen LogP contribution is -2.43. The van der Waals surface area contributed by atoms with E-state index in [-0.39, 0.29) is 29.5 Å². The van der Waals surface area contributed by atoms with Gasteiger partial charge in [-0.1, -0.05) is 39.7 Å². The molecule has 27 heavy (non-hydrogen) atoms. The van der Waals surface area contributed by atoms with Gasteiger partial charge in [0.1, 0.15) is 5.02 Å². The summed E-state index contributed by atoms with van der Waals surface area (Å²) in [5, 5.41) is 10.1. The van der Waals surface area contributed by atoms with Crippen LogP contribution in [0.1, 0.15) is 39.1 Å². The van der Waals surface area contributed by atoms with Crippen molar-refractivity contribution in [3.05, 3.63) is 45.1 Å². The number of aliphatic hydroxyl groups is 1. The molecule has 146 valence electrons. The Balaban J connectivity index is 2.62. The number of aliphatic hydroxyl groups excluding tert-OH is 1. The summed E-state index contributed by atoms with van der Waals surface area (Å²) in [5.74, 6) is 0.215. The van der Waals surface area contributed by atoms with Crippen LogP contribution >= 0.6 is 27.5 Å². The van der Waals surface area contributed by atoms with Crippen LogP contribution in [-0.2, 0) is 6.61 Å². The molecule has 1 heterocycles. The van der Waals surface area contributed by atoms with Gasteiger partial charge < -0.3 is 14.7 Å². The molecule has 5 nitrogen and oxygen atoms in total. The number of pyridine rings is 1. The lowest BCUT2D eigenvalue weighted by atomic mass is 10.0. The number of nitrogens with zero attached hydrogens (tertiary/aromatic N) is 2. The number of ether oxygens (including phenoxy) is 1. The summed E-state index contributed by atoms with van der Waals surface area (Å²) in [7, 11) is 0. The summed E-state index contributed by atoms with van der Waals surface area (Å²) in [6.07, 6.45) is -0.491. The Morgan fingerprint density at radius 1 is 1.22 bits per heavy atom. The Labute approximate surface area is 173 Å². The summed E-state index contributed by atoms with van der Waals surface area (Å²) >= 11 is 9.87. The second-order valence-corrected chi connectivity index (χ2v) is 8.08. The third-order valence-corrected chi connectivity index (χ3v) is 5.10. The van der Waals surface area contributed by atoms with Crippen LogP contribution in [0.25, 0.3) is 11.1 Å². The number of benzene rings is 1. The fourth-order valence-corrected chi connectivity index (χ4v) is 3.43. The average molecular weight is 456 g/mol. The SMILES string of the molecule is Cc1nc(CO)c(-c2ccc(Br)cc2)c(OC(=O)N(C(C)C)C(C)C)c1Cl. The maximum atomic E-state index is 12.9. The molecule has 2 aromatic rings. The van der Waals surface area contributed by atoms with Gasteiger partial charge in [0.2, 0.25) is 0 Å². The van der Waals surface area contributed by atoms with Crippen molar-refractivity contribution in [2.75, 3.05) is 0 Å². The first-order chi connectivity index (χ1) is 12.7. The molecule has 0 saturated heterocycles. The molecule has 1 N–H and O–H groups in total. The maximum Gasteiger partial charge on any atom is 0.415 e. The molecule has 0 aliphatic carbocycles. The van der Waals surface area contributed by atoms with Crippen LogP contribution in [0.2, 0.25) is 5.02 Å². The number of aryl methyl sites for hydroxylation is 1. The summed E-state index contributed by atoms with van der Waals surface area (Å²) in [4.78, 5) is 18.9. The van der Waals surface area contributed by atoms with E-state index < -0.39 is 6.09 Å². The van der Waals surface area contributed by atoms with E-state index in [0.29, 0.717) is 17.0 Å². The molecule has 0 bridgehead atoms. The number of aromatic nitrogens is 1. The summed E-state index contributed by atoms with van der Waals surface area (Å²) in [6.45, 7) is 9.12. The second-order valence-electron chi connectivity index (χ2n) is 6.79. The Bertz CT molecular complexity index is 815. The van der Waals surface area contributed by atoms with Crippen LogP contribution in [-0.4, -0.2) is 33.2 Å². The highest BCUT2D eigenvalue weighted by Gasteiger charge is 2.27. The molecule has 0 aliphatic heterocycles. The quantitative estimate of drug-likeness (QED) is 0.639. The molecule has 7 heteroatoms. The minimum absolute atomic E-state index is 0.0346. The second kappa shape index (κ2) is 9.04. The van der Waals surface area contributed by atoms with Crippen molar-refractivity contribution in [3.8, 4) is 16.9 Å². The van der Waals surface area contributed by atoms with Crippen LogP contribution in [0.4, 0.5) is 4.79 Å². The van der Waals surface area contributed by atoms with Crippen molar-refractivity contribution in [3.63, 3.8) is 0 Å². The number of hydrogen-bond donors (Lipinski definition) is 1. The molecule has 0 saturated carbocycles. The Hall–Kier alpha value is -1.63. The highest BCUT2D eigenvalue weighted by Crippen LogP contribution is 2.40. The average Bonchev–Trinajstić information content (AvgIpc) is 2.59. The monoisotopic (exact) mass is 454 g/mol. The van der Waals surface area contributed by atoms with Crippen molar-refractivity contribution in [1.29, 1.82) is 0 Å². The molecule has 0 unspecified atom stereocenters. The minimum atomic E-state index is -0.491. The van der Waals surface area contributed by atoms with E-state index in [2.05, 4.69) is 20.9 Å². The summed E-state index contributed by atoms with van der Waals surface area (Å²) < 4.78 is 6.67. The van der Waals surface area contributed by atoms with E-state index in [1.165, 1.54) is 0 Å². The Morgan fingerprint density at radius 3 is 2.26 bits per heavy atom. The standard InChI is InChI=1S/C20H24BrClN2O3/c1-11(2)24(12(3)4)20(26)27-19-17(14-6-8-15(21)9-7-14)16(10-25)23-13(5)18(19)22/h6-9,11-12,25H,10H2,1-5H3. The molecule has 0 spiro atoms. The third-order valence-electron chi connectivity index (χ3n) is 4.13. The van der Waals surface area contributed by atoms with E-state index in [9.17, 15) is 9.90 Å². The molecule has 1 amide bonds. The molecular weight excluding hydrogens is 432 g/mol. The summed E-state index contributed by atoms with van der Waals surface area (Å²) in [6, 6.07) is 7.37.